The standard InChI is InChI=1S/C11H12N4O2/c12-6-5-11-13-7-8-14(11)9-1-3-10(4-2-9)15(16)17/h1-4,7-8H,5-6,12H2. The van der Waals surface area contributed by atoms with Crippen LogP contribution in [0.3, 0.4) is 0 Å². The number of aromatic nitrogens is 2. The lowest BCUT2D eigenvalue weighted by atomic mass is 10.2. The van der Waals surface area contributed by atoms with E-state index in [0.29, 0.717) is 13.0 Å². The van der Waals surface area contributed by atoms with E-state index in [2.05, 4.69) is 4.98 Å². The second-order valence-corrected chi connectivity index (χ2v) is 3.53. The summed E-state index contributed by atoms with van der Waals surface area (Å²) in [5, 5.41) is 10.5. The topological polar surface area (TPSA) is 87.0 Å². The maximum atomic E-state index is 10.5. The largest absolute Gasteiger partial charge is 0.330 e. The average Bonchev–Trinajstić information content (AvgIpc) is 2.78. The van der Waals surface area contributed by atoms with E-state index in [-0.39, 0.29) is 5.69 Å². The summed E-state index contributed by atoms with van der Waals surface area (Å²) in [6, 6.07) is 6.34. The molecule has 6 nitrogen and oxygen atoms in total. The third-order valence-corrected chi connectivity index (χ3v) is 2.42. The Hall–Kier alpha value is -2.21. The maximum Gasteiger partial charge on any atom is 0.269 e. The van der Waals surface area contributed by atoms with Crippen molar-refractivity contribution in [3.63, 3.8) is 0 Å². The Labute approximate surface area is 97.9 Å². The van der Waals surface area contributed by atoms with E-state index in [1.807, 2.05) is 10.8 Å². The first-order valence-electron chi connectivity index (χ1n) is 5.19. The number of nitrogens with two attached hydrogens (primary N) is 1. The minimum atomic E-state index is -0.418. The molecule has 0 saturated carbocycles. The van der Waals surface area contributed by atoms with Gasteiger partial charge in [-0.25, -0.2) is 4.98 Å². The van der Waals surface area contributed by atoms with Gasteiger partial charge in [-0.05, 0) is 18.7 Å². The SMILES string of the molecule is NCCc1nccn1-c1ccc([N+](=O)[O-])cc1. The minimum absolute atomic E-state index is 0.0780. The third-order valence-electron chi connectivity index (χ3n) is 2.42. The van der Waals surface area contributed by atoms with Crippen LogP contribution >= 0.6 is 0 Å². The van der Waals surface area contributed by atoms with Gasteiger partial charge in [-0.3, -0.25) is 10.1 Å². The molecule has 2 N–H and O–H groups in total. The first-order valence-corrected chi connectivity index (χ1v) is 5.19. The van der Waals surface area contributed by atoms with E-state index in [9.17, 15) is 10.1 Å². The Bertz CT molecular complexity index is 519. The van der Waals surface area contributed by atoms with Crippen molar-refractivity contribution in [2.45, 2.75) is 6.42 Å². The van der Waals surface area contributed by atoms with Crippen molar-refractivity contribution in [3.05, 3.63) is 52.6 Å². The maximum absolute atomic E-state index is 10.5. The summed E-state index contributed by atoms with van der Waals surface area (Å²) in [7, 11) is 0. The van der Waals surface area contributed by atoms with E-state index < -0.39 is 4.92 Å². The molecule has 1 aromatic carbocycles. The summed E-state index contributed by atoms with van der Waals surface area (Å²) in [5.74, 6) is 0.848. The second kappa shape index (κ2) is 4.75. The van der Waals surface area contributed by atoms with Gasteiger partial charge in [0.25, 0.3) is 5.69 Å². The Morgan fingerprint density at radius 2 is 2.06 bits per heavy atom. The monoisotopic (exact) mass is 232 g/mol. The summed E-state index contributed by atoms with van der Waals surface area (Å²) in [4.78, 5) is 14.3. The molecule has 1 heterocycles. The quantitative estimate of drug-likeness (QED) is 0.635. The van der Waals surface area contributed by atoms with Crippen LogP contribution in [0.2, 0.25) is 0 Å². The molecular weight excluding hydrogens is 220 g/mol. The van der Waals surface area contributed by atoms with Crippen molar-refractivity contribution in [2.75, 3.05) is 6.54 Å². The molecule has 0 spiro atoms. The molecule has 0 amide bonds. The summed E-state index contributed by atoms with van der Waals surface area (Å²) in [6.45, 7) is 0.518. The lowest BCUT2D eigenvalue weighted by Crippen LogP contribution is -2.08. The van der Waals surface area contributed by atoms with Crippen LogP contribution in [0.15, 0.2) is 36.7 Å². The second-order valence-electron chi connectivity index (χ2n) is 3.53. The van der Waals surface area contributed by atoms with Crippen molar-refractivity contribution < 1.29 is 4.92 Å². The van der Waals surface area contributed by atoms with Gasteiger partial charge in [0.15, 0.2) is 0 Å². The number of nitro benzene ring substituents is 1. The molecule has 0 unspecified atom stereocenters. The predicted molar refractivity (Wildman–Crippen MR) is 63.0 cm³/mol. The number of benzene rings is 1. The van der Waals surface area contributed by atoms with Gasteiger partial charge >= 0.3 is 0 Å². The van der Waals surface area contributed by atoms with Crippen molar-refractivity contribution in [3.8, 4) is 5.69 Å². The molecule has 17 heavy (non-hydrogen) atoms. The molecule has 0 radical (unpaired) electrons. The van der Waals surface area contributed by atoms with Crippen LogP contribution in [0.1, 0.15) is 5.82 Å². The Morgan fingerprint density at radius 1 is 1.35 bits per heavy atom. The van der Waals surface area contributed by atoms with E-state index >= 15 is 0 Å². The summed E-state index contributed by atoms with van der Waals surface area (Å²) < 4.78 is 1.87. The molecule has 0 aliphatic heterocycles. The number of hydrogen-bond donors (Lipinski definition) is 1. The zero-order valence-electron chi connectivity index (χ0n) is 9.11. The molecule has 0 atom stereocenters. The number of hydrogen-bond acceptors (Lipinski definition) is 4. The lowest BCUT2D eigenvalue weighted by molar-refractivity contribution is -0.384. The fourth-order valence-corrected chi connectivity index (χ4v) is 1.62. The number of nitrogens with zero attached hydrogens (tertiary/aromatic N) is 3. The molecule has 0 fully saturated rings. The van der Waals surface area contributed by atoms with Crippen LogP contribution in [0.25, 0.3) is 5.69 Å². The zero-order valence-corrected chi connectivity index (χ0v) is 9.11. The highest BCUT2D eigenvalue weighted by molar-refractivity contribution is 5.41. The molecule has 6 heteroatoms. The van der Waals surface area contributed by atoms with Gasteiger partial charge < -0.3 is 10.3 Å². The molecule has 1 aromatic heterocycles. The normalized spacial score (nSPS) is 10.4. The molecule has 0 aliphatic rings. The summed E-state index contributed by atoms with van der Waals surface area (Å²) in [5.41, 5.74) is 6.41. The minimum Gasteiger partial charge on any atom is -0.330 e. The highest BCUT2D eigenvalue weighted by Gasteiger charge is 2.07. The Balaban J connectivity index is 2.33. The van der Waals surface area contributed by atoms with Gasteiger partial charge in [0.05, 0.1) is 4.92 Å². The molecule has 0 saturated heterocycles. The van der Waals surface area contributed by atoms with Crippen LogP contribution < -0.4 is 5.73 Å². The zero-order chi connectivity index (χ0) is 12.3. The molecule has 2 rings (SSSR count). The fraction of sp³-hybridized carbons (Fsp3) is 0.182. The van der Waals surface area contributed by atoms with Crippen LogP contribution in [0.5, 0.6) is 0 Å². The molecule has 0 bridgehead atoms. The smallest absolute Gasteiger partial charge is 0.269 e. The van der Waals surface area contributed by atoms with Gasteiger partial charge in [0.1, 0.15) is 5.82 Å². The van der Waals surface area contributed by atoms with Crippen LogP contribution in [0, 0.1) is 10.1 Å². The van der Waals surface area contributed by atoms with E-state index in [1.54, 1.807) is 18.3 Å². The van der Waals surface area contributed by atoms with Gasteiger partial charge in [-0.15, -0.1) is 0 Å². The van der Waals surface area contributed by atoms with Gasteiger partial charge in [0, 0.05) is 36.6 Å². The third kappa shape index (κ3) is 2.31. The lowest BCUT2D eigenvalue weighted by Gasteiger charge is -2.06. The molecular formula is C11H12N4O2. The first kappa shape index (κ1) is 11.3. The number of non-ortho nitro benzene ring substituents is 1. The summed E-state index contributed by atoms with van der Waals surface area (Å²) >= 11 is 0. The van der Waals surface area contributed by atoms with E-state index in [1.165, 1.54) is 12.1 Å². The average molecular weight is 232 g/mol. The number of rotatable bonds is 4. The Morgan fingerprint density at radius 3 is 2.65 bits per heavy atom. The van der Waals surface area contributed by atoms with Crippen LogP contribution in [-0.4, -0.2) is 21.0 Å². The van der Waals surface area contributed by atoms with Crippen molar-refractivity contribution in [1.29, 1.82) is 0 Å². The van der Waals surface area contributed by atoms with Crippen molar-refractivity contribution >= 4 is 5.69 Å². The van der Waals surface area contributed by atoms with Crippen molar-refractivity contribution in [1.82, 2.24) is 9.55 Å². The van der Waals surface area contributed by atoms with Gasteiger partial charge in [-0.1, -0.05) is 0 Å². The highest BCUT2D eigenvalue weighted by atomic mass is 16.6. The number of nitro groups is 1. The van der Waals surface area contributed by atoms with Gasteiger partial charge in [0.2, 0.25) is 0 Å². The van der Waals surface area contributed by atoms with Crippen LogP contribution in [-0.2, 0) is 6.42 Å². The number of imidazole rings is 1. The van der Waals surface area contributed by atoms with E-state index in [0.717, 1.165) is 11.5 Å². The van der Waals surface area contributed by atoms with Gasteiger partial charge in [-0.2, -0.15) is 0 Å². The van der Waals surface area contributed by atoms with E-state index in [4.69, 9.17) is 5.73 Å². The first-order chi connectivity index (χ1) is 8.22. The highest BCUT2D eigenvalue weighted by Crippen LogP contribution is 2.16. The predicted octanol–water partition coefficient (Wildman–Crippen LogP) is 1.28. The molecule has 88 valence electrons. The molecule has 2 aromatic rings. The Kier molecular flexibility index (Phi) is 3.15. The summed E-state index contributed by atoms with van der Waals surface area (Å²) in [6.07, 6.45) is 4.17. The molecule has 0 aliphatic carbocycles. The fourth-order valence-electron chi connectivity index (χ4n) is 1.62. The van der Waals surface area contributed by atoms with Crippen LogP contribution in [0.4, 0.5) is 5.69 Å². The van der Waals surface area contributed by atoms with Crippen molar-refractivity contribution in [2.24, 2.45) is 5.73 Å².